The summed E-state index contributed by atoms with van der Waals surface area (Å²) in [6.07, 6.45) is 2.30. The number of aryl methyl sites for hydroxylation is 1. The van der Waals surface area contributed by atoms with Crippen LogP contribution in [-0.2, 0) is 13.0 Å². The Morgan fingerprint density at radius 3 is 2.90 bits per heavy atom. The minimum atomic E-state index is -0.638. The average Bonchev–Trinajstić information content (AvgIpc) is 2.94. The number of benzene rings is 1. The zero-order valence-corrected chi connectivity index (χ0v) is 12.0. The van der Waals surface area contributed by atoms with Crippen molar-refractivity contribution in [1.82, 2.24) is 14.8 Å². The lowest BCUT2D eigenvalue weighted by atomic mass is 10.1. The lowest BCUT2D eigenvalue weighted by molar-refractivity contribution is 0.162. The van der Waals surface area contributed by atoms with Gasteiger partial charge in [0.05, 0.1) is 6.10 Å². The first-order valence-corrected chi connectivity index (χ1v) is 7.22. The zero-order chi connectivity index (χ0) is 14.7. The fourth-order valence-electron chi connectivity index (χ4n) is 2.40. The van der Waals surface area contributed by atoms with Gasteiger partial charge in [0, 0.05) is 13.0 Å². The Morgan fingerprint density at radius 1 is 1.29 bits per heavy atom. The monoisotopic (exact) mass is 289 g/mol. The molecule has 2 heterocycles. The molecule has 6 nitrogen and oxygen atoms in total. The second-order valence-corrected chi connectivity index (χ2v) is 5.02. The van der Waals surface area contributed by atoms with Gasteiger partial charge in [-0.3, -0.25) is 4.68 Å². The van der Waals surface area contributed by atoms with E-state index in [1.54, 1.807) is 0 Å². The number of nitrogens with zero attached hydrogens (tertiary/aromatic N) is 3. The van der Waals surface area contributed by atoms with Crippen LogP contribution in [0.4, 0.5) is 0 Å². The Hall–Kier alpha value is -2.08. The average molecular weight is 289 g/mol. The fourth-order valence-corrected chi connectivity index (χ4v) is 2.40. The van der Waals surface area contributed by atoms with E-state index in [4.69, 9.17) is 9.47 Å². The van der Waals surface area contributed by atoms with Gasteiger partial charge in [0.2, 0.25) is 0 Å². The SMILES string of the molecule is CCCn1ncnc1CC(O)c1ccc2c(c1)OCCO2. The van der Waals surface area contributed by atoms with Crippen molar-refractivity contribution >= 4 is 0 Å². The minimum Gasteiger partial charge on any atom is -0.486 e. The largest absolute Gasteiger partial charge is 0.486 e. The lowest BCUT2D eigenvalue weighted by Crippen LogP contribution is -2.16. The molecule has 0 saturated heterocycles. The van der Waals surface area contributed by atoms with Gasteiger partial charge in [-0.1, -0.05) is 13.0 Å². The number of hydrogen-bond donors (Lipinski definition) is 1. The summed E-state index contributed by atoms with van der Waals surface area (Å²) in [7, 11) is 0. The van der Waals surface area contributed by atoms with Crippen molar-refractivity contribution in [1.29, 1.82) is 0 Å². The van der Waals surface area contributed by atoms with Crippen molar-refractivity contribution in [2.45, 2.75) is 32.4 Å². The van der Waals surface area contributed by atoms with E-state index in [0.29, 0.717) is 25.4 Å². The molecule has 1 atom stereocenters. The summed E-state index contributed by atoms with van der Waals surface area (Å²) < 4.78 is 12.9. The standard InChI is InChI=1S/C15H19N3O3/c1-2-5-18-15(16-10-17-18)9-12(19)11-3-4-13-14(8-11)21-7-6-20-13/h3-4,8,10,12,19H,2,5-7,9H2,1H3. The first kappa shape index (κ1) is 13.9. The highest BCUT2D eigenvalue weighted by atomic mass is 16.6. The van der Waals surface area contributed by atoms with E-state index >= 15 is 0 Å². The molecule has 2 aromatic rings. The predicted octanol–water partition coefficient (Wildman–Crippen LogP) is 1.74. The van der Waals surface area contributed by atoms with Gasteiger partial charge in [0.25, 0.3) is 0 Å². The molecular weight excluding hydrogens is 270 g/mol. The Balaban J connectivity index is 1.75. The zero-order valence-electron chi connectivity index (χ0n) is 12.0. The van der Waals surface area contributed by atoms with Gasteiger partial charge in [-0.2, -0.15) is 5.10 Å². The molecule has 112 valence electrons. The maximum Gasteiger partial charge on any atom is 0.161 e. The lowest BCUT2D eigenvalue weighted by Gasteiger charge is -2.20. The minimum absolute atomic E-state index is 0.430. The number of aliphatic hydroxyl groups is 1. The summed E-state index contributed by atoms with van der Waals surface area (Å²) in [6.45, 7) is 4.00. The van der Waals surface area contributed by atoms with Gasteiger partial charge < -0.3 is 14.6 Å². The molecule has 6 heteroatoms. The maximum atomic E-state index is 10.4. The summed E-state index contributed by atoms with van der Waals surface area (Å²) in [5.41, 5.74) is 0.797. The number of fused-ring (bicyclic) bond motifs is 1. The summed E-state index contributed by atoms with van der Waals surface area (Å²) in [5.74, 6) is 2.21. The number of rotatable bonds is 5. The Morgan fingerprint density at radius 2 is 2.10 bits per heavy atom. The summed E-state index contributed by atoms with van der Waals surface area (Å²) in [5, 5.41) is 14.6. The first-order valence-electron chi connectivity index (χ1n) is 7.22. The van der Waals surface area contributed by atoms with Crippen LogP contribution in [0.15, 0.2) is 24.5 Å². The van der Waals surface area contributed by atoms with Crippen molar-refractivity contribution < 1.29 is 14.6 Å². The van der Waals surface area contributed by atoms with Gasteiger partial charge in [-0.25, -0.2) is 4.98 Å². The van der Waals surface area contributed by atoms with Crippen molar-refractivity contribution in [2.75, 3.05) is 13.2 Å². The third-order valence-electron chi connectivity index (χ3n) is 3.46. The molecule has 1 aromatic carbocycles. The Kier molecular flexibility index (Phi) is 4.06. The van der Waals surface area contributed by atoms with Crippen LogP contribution < -0.4 is 9.47 Å². The van der Waals surface area contributed by atoms with Crippen molar-refractivity contribution in [3.05, 3.63) is 35.9 Å². The van der Waals surface area contributed by atoms with Crippen molar-refractivity contribution in [3.8, 4) is 11.5 Å². The van der Waals surface area contributed by atoms with Gasteiger partial charge in [0.15, 0.2) is 11.5 Å². The molecule has 1 aliphatic rings. The van der Waals surface area contributed by atoms with Crippen LogP contribution in [0, 0.1) is 0 Å². The summed E-state index contributed by atoms with van der Waals surface area (Å²) >= 11 is 0. The van der Waals surface area contributed by atoms with Crippen LogP contribution in [0.25, 0.3) is 0 Å². The molecule has 3 rings (SSSR count). The first-order chi connectivity index (χ1) is 10.3. The molecule has 0 aliphatic carbocycles. The van der Waals surface area contributed by atoms with E-state index in [1.807, 2.05) is 22.9 Å². The van der Waals surface area contributed by atoms with E-state index in [0.717, 1.165) is 30.1 Å². The third kappa shape index (κ3) is 3.00. The molecule has 21 heavy (non-hydrogen) atoms. The van der Waals surface area contributed by atoms with E-state index in [2.05, 4.69) is 17.0 Å². The van der Waals surface area contributed by atoms with Gasteiger partial charge in [-0.15, -0.1) is 0 Å². The molecule has 0 radical (unpaired) electrons. The molecule has 0 spiro atoms. The number of aliphatic hydroxyl groups excluding tert-OH is 1. The molecule has 1 N–H and O–H groups in total. The predicted molar refractivity (Wildman–Crippen MR) is 76.4 cm³/mol. The molecule has 0 saturated carbocycles. The molecule has 0 amide bonds. The van der Waals surface area contributed by atoms with Crippen LogP contribution in [0.3, 0.4) is 0 Å². The Labute approximate surface area is 123 Å². The molecule has 1 aliphatic heterocycles. The highest BCUT2D eigenvalue weighted by Gasteiger charge is 2.17. The molecule has 0 bridgehead atoms. The fraction of sp³-hybridized carbons (Fsp3) is 0.467. The summed E-state index contributed by atoms with van der Waals surface area (Å²) in [4.78, 5) is 4.22. The molecule has 1 aromatic heterocycles. The number of hydrogen-bond acceptors (Lipinski definition) is 5. The van der Waals surface area contributed by atoms with Crippen LogP contribution in [0.5, 0.6) is 11.5 Å². The second kappa shape index (κ2) is 6.13. The van der Waals surface area contributed by atoms with E-state index in [1.165, 1.54) is 6.33 Å². The van der Waals surface area contributed by atoms with E-state index in [9.17, 15) is 5.11 Å². The van der Waals surface area contributed by atoms with Crippen LogP contribution >= 0.6 is 0 Å². The second-order valence-electron chi connectivity index (χ2n) is 5.02. The van der Waals surface area contributed by atoms with Gasteiger partial charge in [-0.05, 0) is 24.1 Å². The number of aromatic nitrogens is 3. The quantitative estimate of drug-likeness (QED) is 0.908. The summed E-state index contributed by atoms with van der Waals surface area (Å²) in [6, 6.07) is 5.53. The normalized spacial score (nSPS) is 15.0. The van der Waals surface area contributed by atoms with Crippen molar-refractivity contribution in [2.24, 2.45) is 0 Å². The maximum absolute atomic E-state index is 10.4. The van der Waals surface area contributed by atoms with Gasteiger partial charge in [0.1, 0.15) is 25.4 Å². The highest BCUT2D eigenvalue weighted by Crippen LogP contribution is 2.33. The smallest absolute Gasteiger partial charge is 0.161 e. The Bertz CT molecular complexity index is 612. The number of ether oxygens (including phenoxy) is 2. The van der Waals surface area contributed by atoms with Crippen molar-refractivity contribution in [3.63, 3.8) is 0 Å². The van der Waals surface area contributed by atoms with E-state index < -0.39 is 6.10 Å². The van der Waals surface area contributed by atoms with E-state index in [-0.39, 0.29) is 0 Å². The van der Waals surface area contributed by atoms with Crippen LogP contribution in [0.2, 0.25) is 0 Å². The molecule has 0 fully saturated rings. The molecular formula is C15H19N3O3. The molecule has 1 unspecified atom stereocenters. The topological polar surface area (TPSA) is 69.4 Å². The van der Waals surface area contributed by atoms with Crippen LogP contribution in [-0.4, -0.2) is 33.1 Å². The highest BCUT2D eigenvalue weighted by molar-refractivity contribution is 5.44. The van der Waals surface area contributed by atoms with Gasteiger partial charge >= 0.3 is 0 Å². The third-order valence-corrected chi connectivity index (χ3v) is 3.46. The van der Waals surface area contributed by atoms with Crippen LogP contribution in [0.1, 0.15) is 30.8 Å².